The Morgan fingerprint density at radius 1 is 1.59 bits per heavy atom. The van der Waals surface area contributed by atoms with E-state index in [-0.39, 0.29) is 11.7 Å². The molecule has 1 N–H and O–H groups in total. The molecule has 6 heteroatoms. The molecule has 2 rings (SSSR count). The molecule has 1 saturated heterocycles. The normalized spacial score (nSPS) is 22.1. The first-order valence-corrected chi connectivity index (χ1v) is 7.71. The van der Waals surface area contributed by atoms with Crippen molar-refractivity contribution in [1.82, 2.24) is 14.3 Å². The van der Waals surface area contributed by atoms with E-state index < -0.39 is 10.0 Å². The van der Waals surface area contributed by atoms with Crippen LogP contribution in [0.15, 0.2) is 12.4 Å². The van der Waals surface area contributed by atoms with Crippen molar-refractivity contribution >= 4 is 10.0 Å². The molecule has 2 heterocycles. The predicted molar refractivity (Wildman–Crippen MR) is 66.2 cm³/mol. The third kappa shape index (κ3) is 2.87. The Morgan fingerprint density at radius 2 is 2.41 bits per heavy atom. The van der Waals surface area contributed by atoms with Crippen LogP contribution in [0, 0.1) is 0 Å². The van der Waals surface area contributed by atoms with Crippen molar-refractivity contribution in [3.8, 4) is 0 Å². The third-order valence-electron chi connectivity index (χ3n) is 3.21. The number of hydrogen-bond donors (Lipinski definition) is 1. The number of hydrogen-bond acceptors (Lipinski definition) is 3. The summed E-state index contributed by atoms with van der Waals surface area (Å²) in [5.41, 5.74) is 0. The Bertz CT molecular complexity index is 441. The maximum atomic E-state index is 12.0. The average Bonchev–Trinajstić information content (AvgIpc) is 2.95. The summed E-state index contributed by atoms with van der Waals surface area (Å²) in [5, 5.41) is 0. The largest absolute Gasteiger partial charge is 0.348 e. The highest BCUT2D eigenvalue weighted by Crippen LogP contribution is 2.26. The minimum atomic E-state index is -3.05. The summed E-state index contributed by atoms with van der Waals surface area (Å²) in [4.78, 5) is 7.26. The zero-order valence-corrected chi connectivity index (χ0v) is 10.9. The van der Waals surface area contributed by atoms with Gasteiger partial charge in [0.05, 0.1) is 5.75 Å². The molecule has 0 amide bonds. The van der Waals surface area contributed by atoms with Crippen LogP contribution in [0.3, 0.4) is 0 Å². The Kier molecular flexibility index (Phi) is 3.83. The van der Waals surface area contributed by atoms with Gasteiger partial charge < -0.3 is 4.98 Å². The van der Waals surface area contributed by atoms with E-state index in [4.69, 9.17) is 0 Å². The van der Waals surface area contributed by atoms with E-state index in [0.717, 1.165) is 25.1 Å². The van der Waals surface area contributed by atoms with Crippen molar-refractivity contribution < 1.29 is 8.42 Å². The summed E-state index contributed by atoms with van der Waals surface area (Å²) < 4.78 is 25.6. The van der Waals surface area contributed by atoms with Crippen molar-refractivity contribution in [3.05, 3.63) is 18.2 Å². The minimum Gasteiger partial charge on any atom is -0.348 e. The first kappa shape index (κ1) is 12.6. The second-order valence-corrected chi connectivity index (χ2v) is 6.58. The predicted octanol–water partition coefficient (Wildman–Crippen LogP) is 1.33. The molecule has 96 valence electrons. The van der Waals surface area contributed by atoms with Crippen LogP contribution in [0.1, 0.15) is 37.9 Å². The van der Waals surface area contributed by atoms with Gasteiger partial charge in [0.25, 0.3) is 0 Å². The van der Waals surface area contributed by atoms with Crippen molar-refractivity contribution in [3.63, 3.8) is 0 Å². The van der Waals surface area contributed by atoms with E-state index in [0.29, 0.717) is 13.1 Å². The summed E-state index contributed by atoms with van der Waals surface area (Å²) in [6.45, 7) is 3.20. The van der Waals surface area contributed by atoms with Crippen molar-refractivity contribution in [1.29, 1.82) is 0 Å². The van der Waals surface area contributed by atoms with Crippen LogP contribution >= 0.6 is 0 Å². The first-order valence-electron chi connectivity index (χ1n) is 6.10. The topological polar surface area (TPSA) is 66.1 Å². The third-order valence-corrected chi connectivity index (χ3v) is 5.13. The maximum absolute atomic E-state index is 12.0. The summed E-state index contributed by atoms with van der Waals surface area (Å²) in [7, 11) is -3.05. The molecule has 1 aliphatic heterocycles. The van der Waals surface area contributed by atoms with Gasteiger partial charge in [-0.3, -0.25) is 0 Å². The van der Waals surface area contributed by atoms with Crippen LogP contribution in [0.2, 0.25) is 0 Å². The highest BCUT2D eigenvalue weighted by atomic mass is 32.2. The molecule has 0 spiro atoms. The molecular weight excluding hydrogens is 238 g/mol. The van der Waals surface area contributed by atoms with Gasteiger partial charge in [-0.2, -0.15) is 0 Å². The van der Waals surface area contributed by atoms with Crippen LogP contribution in [0.5, 0.6) is 0 Å². The van der Waals surface area contributed by atoms with Crippen LogP contribution < -0.4 is 0 Å². The van der Waals surface area contributed by atoms with Gasteiger partial charge in [-0.05, 0) is 12.8 Å². The molecule has 0 radical (unpaired) electrons. The standard InChI is InChI=1S/C11H19N3O2S/c1-2-3-8-17(15,16)14-7-4-10(9-14)11-12-5-6-13-11/h5-6,10H,2-4,7-9H2,1H3,(H,12,13). The number of H-pyrrole nitrogens is 1. The fraction of sp³-hybridized carbons (Fsp3) is 0.727. The maximum Gasteiger partial charge on any atom is 0.214 e. The highest BCUT2D eigenvalue weighted by Gasteiger charge is 2.32. The van der Waals surface area contributed by atoms with Gasteiger partial charge in [0.1, 0.15) is 5.82 Å². The fourth-order valence-corrected chi connectivity index (χ4v) is 3.86. The zero-order valence-electron chi connectivity index (χ0n) is 10.1. The Balaban J connectivity index is 1.98. The molecule has 0 aliphatic carbocycles. The van der Waals surface area contributed by atoms with E-state index in [1.54, 1.807) is 16.7 Å². The lowest BCUT2D eigenvalue weighted by molar-refractivity contribution is 0.469. The molecule has 0 aromatic carbocycles. The number of sulfonamides is 1. The summed E-state index contributed by atoms with van der Waals surface area (Å²) in [5.74, 6) is 1.40. The molecule has 1 aromatic heterocycles. The molecule has 0 saturated carbocycles. The monoisotopic (exact) mass is 257 g/mol. The van der Waals surface area contributed by atoms with Crippen LogP contribution in [0.4, 0.5) is 0 Å². The molecule has 1 unspecified atom stereocenters. The zero-order chi connectivity index (χ0) is 12.3. The summed E-state index contributed by atoms with van der Waals surface area (Å²) in [6, 6.07) is 0. The van der Waals surface area contributed by atoms with E-state index in [1.165, 1.54) is 0 Å². The lowest BCUT2D eigenvalue weighted by Crippen LogP contribution is -2.30. The second kappa shape index (κ2) is 5.18. The molecular formula is C11H19N3O2S. The summed E-state index contributed by atoms with van der Waals surface area (Å²) >= 11 is 0. The van der Waals surface area contributed by atoms with E-state index >= 15 is 0 Å². The molecule has 1 aromatic rings. The van der Waals surface area contributed by atoms with Crippen molar-refractivity contribution in [2.75, 3.05) is 18.8 Å². The molecule has 1 fully saturated rings. The van der Waals surface area contributed by atoms with Crippen LogP contribution in [-0.2, 0) is 10.0 Å². The van der Waals surface area contributed by atoms with Gasteiger partial charge in [0, 0.05) is 31.4 Å². The highest BCUT2D eigenvalue weighted by molar-refractivity contribution is 7.89. The quantitative estimate of drug-likeness (QED) is 0.865. The summed E-state index contributed by atoms with van der Waals surface area (Å²) in [6.07, 6.45) is 6.00. The SMILES string of the molecule is CCCCS(=O)(=O)N1CCC(c2ncc[nH]2)C1. The number of rotatable bonds is 5. The fourth-order valence-electron chi connectivity index (χ4n) is 2.16. The lowest BCUT2D eigenvalue weighted by atomic mass is 10.1. The van der Waals surface area contributed by atoms with Crippen LogP contribution in [-0.4, -0.2) is 41.5 Å². The van der Waals surface area contributed by atoms with E-state index in [9.17, 15) is 8.42 Å². The number of aromatic nitrogens is 2. The van der Waals surface area contributed by atoms with Gasteiger partial charge in [0.15, 0.2) is 0 Å². The van der Waals surface area contributed by atoms with Gasteiger partial charge in [-0.15, -0.1) is 0 Å². The first-order chi connectivity index (χ1) is 8.13. The number of imidazole rings is 1. The average molecular weight is 257 g/mol. The Hall–Kier alpha value is -0.880. The van der Waals surface area contributed by atoms with Crippen molar-refractivity contribution in [2.45, 2.75) is 32.1 Å². The Morgan fingerprint density at radius 3 is 3.06 bits per heavy atom. The van der Waals surface area contributed by atoms with Gasteiger partial charge in [-0.1, -0.05) is 13.3 Å². The Labute approximate surface area is 102 Å². The van der Waals surface area contributed by atoms with Crippen LogP contribution in [0.25, 0.3) is 0 Å². The van der Waals surface area contributed by atoms with Gasteiger partial charge >= 0.3 is 0 Å². The number of aromatic amines is 1. The van der Waals surface area contributed by atoms with Gasteiger partial charge in [0.2, 0.25) is 10.0 Å². The molecule has 0 bridgehead atoms. The number of nitrogens with one attached hydrogen (secondary N) is 1. The molecule has 1 atom stereocenters. The van der Waals surface area contributed by atoms with Gasteiger partial charge in [-0.25, -0.2) is 17.7 Å². The molecule has 17 heavy (non-hydrogen) atoms. The van der Waals surface area contributed by atoms with Crippen molar-refractivity contribution in [2.24, 2.45) is 0 Å². The number of nitrogens with zero attached hydrogens (tertiary/aromatic N) is 2. The molecule has 5 nitrogen and oxygen atoms in total. The van der Waals surface area contributed by atoms with E-state index in [1.807, 2.05) is 6.92 Å². The number of unbranched alkanes of at least 4 members (excludes halogenated alkanes) is 1. The molecule has 1 aliphatic rings. The smallest absolute Gasteiger partial charge is 0.214 e. The minimum absolute atomic E-state index is 0.224. The second-order valence-electron chi connectivity index (χ2n) is 4.49. The lowest BCUT2D eigenvalue weighted by Gasteiger charge is -2.15. The van der Waals surface area contributed by atoms with E-state index in [2.05, 4.69) is 9.97 Å².